The molecule has 7 heteroatoms. The summed E-state index contributed by atoms with van der Waals surface area (Å²) in [6, 6.07) is 7.16. The van der Waals surface area contributed by atoms with E-state index in [0.29, 0.717) is 12.5 Å². The van der Waals surface area contributed by atoms with E-state index in [2.05, 4.69) is 20.7 Å². The number of amides is 2. The highest BCUT2D eigenvalue weighted by Crippen LogP contribution is 2.12. The van der Waals surface area contributed by atoms with Gasteiger partial charge >= 0.3 is 6.03 Å². The Bertz CT molecular complexity index is 567. The monoisotopic (exact) mass is 261 g/mol. The fourth-order valence-corrected chi connectivity index (χ4v) is 1.52. The summed E-state index contributed by atoms with van der Waals surface area (Å²) in [5.74, 6) is 1.15. The van der Waals surface area contributed by atoms with Crippen molar-refractivity contribution in [1.29, 1.82) is 0 Å². The van der Waals surface area contributed by atoms with Crippen LogP contribution >= 0.6 is 0 Å². The first-order valence-corrected chi connectivity index (χ1v) is 5.71. The smallest absolute Gasteiger partial charge is 0.321 e. The molecule has 19 heavy (non-hydrogen) atoms. The third-order valence-electron chi connectivity index (χ3n) is 2.52. The van der Waals surface area contributed by atoms with Crippen LogP contribution in [0.2, 0.25) is 0 Å². The molecule has 2 amide bonds. The molecule has 100 valence electrons. The van der Waals surface area contributed by atoms with Gasteiger partial charge in [0.25, 0.3) is 0 Å². The Morgan fingerprint density at radius 2 is 2.32 bits per heavy atom. The van der Waals surface area contributed by atoms with E-state index < -0.39 is 0 Å². The molecule has 2 aromatic rings. The van der Waals surface area contributed by atoms with Crippen LogP contribution in [0.4, 0.5) is 10.7 Å². The number of aryl methyl sites for hydroxylation is 1. The van der Waals surface area contributed by atoms with Crippen LogP contribution in [0.1, 0.15) is 5.56 Å². The zero-order valence-corrected chi connectivity index (χ0v) is 10.8. The van der Waals surface area contributed by atoms with Gasteiger partial charge in [-0.05, 0) is 17.7 Å². The van der Waals surface area contributed by atoms with Gasteiger partial charge in [0.1, 0.15) is 12.1 Å². The van der Waals surface area contributed by atoms with Gasteiger partial charge in [0.2, 0.25) is 5.95 Å². The van der Waals surface area contributed by atoms with Crippen LogP contribution in [0, 0.1) is 0 Å². The van der Waals surface area contributed by atoms with Gasteiger partial charge in [-0.3, -0.25) is 5.32 Å². The van der Waals surface area contributed by atoms with E-state index in [1.165, 1.54) is 11.0 Å². The number of urea groups is 1. The number of hydrogen-bond acceptors (Lipinski definition) is 4. The number of methoxy groups -OCH3 is 1. The van der Waals surface area contributed by atoms with Gasteiger partial charge in [0.15, 0.2) is 0 Å². The normalized spacial score (nSPS) is 10.0. The summed E-state index contributed by atoms with van der Waals surface area (Å²) >= 11 is 0. The summed E-state index contributed by atoms with van der Waals surface area (Å²) in [7, 11) is 3.30. The zero-order valence-electron chi connectivity index (χ0n) is 10.8. The molecule has 0 spiro atoms. The fourth-order valence-electron chi connectivity index (χ4n) is 1.52. The van der Waals surface area contributed by atoms with E-state index in [0.717, 1.165) is 11.3 Å². The number of anilines is 1. The average molecular weight is 261 g/mol. The quantitative estimate of drug-likeness (QED) is 0.865. The second-order valence-corrected chi connectivity index (χ2v) is 3.87. The maximum absolute atomic E-state index is 11.7. The van der Waals surface area contributed by atoms with E-state index in [4.69, 9.17) is 4.74 Å². The van der Waals surface area contributed by atoms with Crippen molar-refractivity contribution in [2.24, 2.45) is 7.05 Å². The molecule has 1 heterocycles. The first kappa shape index (κ1) is 12.9. The summed E-state index contributed by atoms with van der Waals surface area (Å²) < 4.78 is 6.59. The van der Waals surface area contributed by atoms with Crippen molar-refractivity contribution in [3.63, 3.8) is 0 Å². The molecule has 2 rings (SSSR count). The van der Waals surface area contributed by atoms with Crippen LogP contribution in [0.25, 0.3) is 0 Å². The van der Waals surface area contributed by atoms with Crippen molar-refractivity contribution in [2.75, 3.05) is 12.4 Å². The highest BCUT2D eigenvalue weighted by atomic mass is 16.5. The standard InChI is InChI=1S/C12H15N5O2/c1-17-11(14-8-15-17)16-12(18)13-7-9-4-3-5-10(6-9)19-2/h3-6,8H,7H2,1-2H3,(H2,13,14,15,16,18). The van der Waals surface area contributed by atoms with E-state index in [1.807, 2.05) is 24.3 Å². The van der Waals surface area contributed by atoms with Crippen molar-refractivity contribution in [3.05, 3.63) is 36.2 Å². The van der Waals surface area contributed by atoms with Crippen LogP contribution in [0.3, 0.4) is 0 Å². The lowest BCUT2D eigenvalue weighted by Gasteiger charge is -2.07. The van der Waals surface area contributed by atoms with Gasteiger partial charge in [-0.25, -0.2) is 9.48 Å². The molecule has 0 aliphatic carbocycles. The minimum absolute atomic E-state index is 0.334. The zero-order chi connectivity index (χ0) is 13.7. The summed E-state index contributed by atoms with van der Waals surface area (Å²) in [4.78, 5) is 15.6. The molecule has 7 nitrogen and oxygen atoms in total. The van der Waals surface area contributed by atoms with E-state index in [-0.39, 0.29) is 6.03 Å². The minimum Gasteiger partial charge on any atom is -0.497 e. The van der Waals surface area contributed by atoms with Crippen LogP contribution in [-0.2, 0) is 13.6 Å². The number of nitrogens with zero attached hydrogens (tertiary/aromatic N) is 3. The van der Waals surface area contributed by atoms with Gasteiger partial charge < -0.3 is 10.1 Å². The Morgan fingerprint density at radius 3 is 3.00 bits per heavy atom. The molecule has 0 radical (unpaired) electrons. The molecule has 1 aromatic heterocycles. The summed E-state index contributed by atoms with van der Waals surface area (Å²) in [6.45, 7) is 0.404. The number of carbonyl (C=O) groups excluding carboxylic acids is 1. The molecular formula is C12H15N5O2. The lowest BCUT2D eigenvalue weighted by Crippen LogP contribution is -2.29. The van der Waals surface area contributed by atoms with Crippen LogP contribution in [0.5, 0.6) is 5.75 Å². The summed E-state index contributed by atoms with van der Waals surface area (Å²) in [5, 5.41) is 9.18. The Morgan fingerprint density at radius 1 is 1.47 bits per heavy atom. The van der Waals surface area contributed by atoms with Crippen molar-refractivity contribution >= 4 is 12.0 Å². The van der Waals surface area contributed by atoms with Gasteiger partial charge in [0, 0.05) is 13.6 Å². The molecule has 1 aromatic carbocycles. The van der Waals surface area contributed by atoms with E-state index in [9.17, 15) is 4.79 Å². The minimum atomic E-state index is -0.334. The third-order valence-corrected chi connectivity index (χ3v) is 2.52. The molecule has 0 aliphatic heterocycles. The second-order valence-electron chi connectivity index (χ2n) is 3.87. The van der Waals surface area contributed by atoms with Crippen LogP contribution in [0.15, 0.2) is 30.6 Å². The van der Waals surface area contributed by atoms with Crippen molar-refractivity contribution < 1.29 is 9.53 Å². The molecule has 2 N–H and O–H groups in total. The van der Waals surface area contributed by atoms with Crippen LogP contribution in [-0.4, -0.2) is 27.9 Å². The van der Waals surface area contributed by atoms with Crippen LogP contribution < -0.4 is 15.4 Å². The van der Waals surface area contributed by atoms with Crippen molar-refractivity contribution in [1.82, 2.24) is 20.1 Å². The van der Waals surface area contributed by atoms with Crippen molar-refractivity contribution in [3.8, 4) is 5.75 Å². The first-order valence-electron chi connectivity index (χ1n) is 5.71. The number of ether oxygens (including phenoxy) is 1. The lowest BCUT2D eigenvalue weighted by molar-refractivity contribution is 0.251. The van der Waals surface area contributed by atoms with Gasteiger partial charge in [-0.1, -0.05) is 12.1 Å². The lowest BCUT2D eigenvalue weighted by atomic mass is 10.2. The Kier molecular flexibility index (Phi) is 3.97. The highest BCUT2D eigenvalue weighted by Gasteiger charge is 2.05. The molecule has 0 fully saturated rings. The number of aromatic nitrogens is 3. The first-order chi connectivity index (χ1) is 9.19. The van der Waals surface area contributed by atoms with Gasteiger partial charge in [-0.2, -0.15) is 10.1 Å². The molecule has 0 saturated carbocycles. The molecular weight excluding hydrogens is 246 g/mol. The number of carbonyl (C=O) groups is 1. The maximum atomic E-state index is 11.7. The predicted molar refractivity (Wildman–Crippen MR) is 69.9 cm³/mol. The van der Waals surface area contributed by atoms with Crippen molar-refractivity contribution in [2.45, 2.75) is 6.54 Å². The van der Waals surface area contributed by atoms with E-state index in [1.54, 1.807) is 14.2 Å². The summed E-state index contributed by atoms with van der Waals surface area (Å²) in [6.07, 6.45) is 1.37. The number of hydrogen-bond donors (Lipinski definition) is 2. The highest BCUT2D eigenvalue weighted by molar-refractivity contribution is 5.87. The third kappa shape index (κ3) is 3.44. The van der Waals surface area contributed by atoms with Gasteiger partial charge in [-0.15, -0.1) is 0 Å². The largest absolute Gasteiger partial charge is 0.497 e. The Balaban J connectivity index is 1.88. The average Bonchev–Trinajstić information content (AvgIpc) is 2.82. The maximum Gasteiger partial charge on any atom is 0.321 e. The Hall–Kier alpha value is -2.57. The second kappa shape index (κ2) is 5.85. The predicted octanol–water partition coefficient (Wildman–Crippen LogP) is 1.15. The number of benzene rings is 1. The van der Waals surface area contributed by atoms with E-state index >= 15 is 0 Å². The Labute approximate surface area is 110 Å². The molecule has 0 atom stereocenters. The van der Waals surface area contributed by atoms with Gasteiger partial charge in [0.05, 0.1) is 7.11 Å². The topological polar surface area (TPSA) is 81.1 Å². The molecule has 0 unspecified atom stereocenters. The number of nitrogens with one attached hydrogen (secondary N) is 2. The molecule has 0 aliphatic rings. The number of rotatable bonds is 4. The summed E-state index contributed by atoms with van der Waals surface area (Å²) in [5.41, 5.74) is 0.951. The molecule has 0 bridgehead atoms. The fraction of sp³-hybridized carbons (Fsp3) is 0.250. The molecule has 0 saturated heterocycles. The SMILES string of the molecule is COc1cccc(CNC(=O)Nc2ncnn2C)c1.